The summed E-state index contributed by atoms with van der Waals surface area (Å²) in [4.78, 5) is 44.8. The lowest BCUT2D eigenvalue weighted by atomic mass is 9.85. The van der Waals surface area contributed by atoms with E-state index in [1.807, 2.05) is 49.1 Å². The molecule has 2 aromatic rings. The van der Waals surface area contributed by atoms with Gasteiger partial charge in [0.1, 0.15) is 6.04 Å². The quantitative estimate of drug-likeness (QED) is 0.519. The highest BCUT2D eigenvalue weighted by atomic mass is 16.5. The van der Waals surface area contributed by atoms with E-state index in [2.05, 4.69) is 12.1 Å². The van der Waals surface area contributed by atoms with E-state index in [0.717, 1.165) is 35.2 Å². The van der Waals surface area contributed by atoms with Crippen molar-refractivity contribution in [2.75, 3.05) is 18.1 Å². The fraction of sp³-hybridized carbons (Fsp3) is 0.393. The molecule has 6 rings (SSSR count). The predicted octanol–water partition coefficient (Wildman–Crippen LogP) is 3.63. The minimum atomic E-state index is -0.728. The van der Waals surface area contributed by atoms with E-state index in [1.165, 1.54) is 4.90 Å². The van der Waals surface area contributed by atoms with E-state index in [9.17, 15) is 14.4 Å². The monoisotopic (exact) mass is 456 g/mol. The molecule has 0 saturated carbocycles. The number of ketones is 1. The fourth-order valence-electron chi connectivity index (χ4n) is 6.26. The van der Waals surface area contributed by atoms with Crippen LogP contribution in [0.1, 0.15) is 41.3 Å². The lowest BCUT2D eigenvalue weighted by molar-refractivity contribution is -0.142. The van der Waals surface area contributed by atoms with Gasteiger partial charge in [-0.15, -0.1) is 0 Å². The summed E-state index contributed by atoms with van der Waals surface area (Å²) in [6.45, 7) is 5.03. The standard InChI is InChI=1S/C28H28N2O4/c1-16-10-11-21-20(13-16)17(2)14-22-23-24(25(30(21)22)26(31)18-7-4-3-5-8-18)28(33)29(27(23)32)15-19-9-6-12-34-19/h3-5,7-8,10-11,13-14,19,22-25H,6,9,12,15H2,1-2H3/t19-,22+,23-,24+,25-/m0/s1. The third kappa shape index (κ3) is 3.08. The van der Waals surface area contributed by atoms with Crippen LogP contribution < -0.4 is 4.90 Å². The second kappa shape index (κ2) is 7.91. The Morgan fingerprint density at radius 2 is 1.79 bits per heavy atom. The normalized spacial score (nSPS) is 29.7. The maximum atomic E-state index is 13.9. The van der Waals surface area contributed by atoms with Crippen LogP contribution in [-0.4, -0.2) is 53.8 Å². The van der Waals surface area contributed by atoms with E-state index in [-0.39, 0.29) is 36.3 Å². The van der Waals surface area contributed by atoms with Crippen molar-refractivity contribution in [3.05, 3.63) is 71.3 Å². The van der Waals surface area contributed by atoms with Crippen molar-refractivity contribution < 1.29 is 19.1 Å². The zero-order chi connectivity index (χ0) is 23.6. The number of aryl methyl sites for hydroxylation is 1. The second-order valence-corrected chi connectivity index (χ2v) is 9.92. The molecule has 34 heavy (non-hydrogen) atoms. The first kappa shape index (κ1) is 21.3. The molecule has 0 bridgehead atoms. The van der Waals surface area contributed by atoms with E-state index in [4.69, 9.17) is 4.74 Å². The average Bonchev–Trinajstić information content (AvgIpc) is 3.53. The number of carbonyl (C=O) groups excluding carboxylic acids is 3. The molecule has 2 amide bonds. The minimum Gasteiger partial charge on any atom is -0.376 e. The maximum absolute atomic E-state index is 13.9. The third-order valence-electron chi connectivity index (χ3n) is 7.83. The molecule has 4 aliphatic rings. The van der Waals surface area contributed by atoms with Crippen LogP contribution in [-0.2, 0) is 14.3 Å². The fourth-order valence-corrected chi connectivity index (χ4v) is 6.26. The number of allylic oxidation sites excluding steroid dienone is 1. The van der Waals surface area contributed by atoms with Crippen molar-refractivity contribution in [1.82, 2.24) is 4.90 Å². The zero-order valence-electron chi connectivity index (χ0n) is 19.4. The number of fused-ring (bicyclic) bond motifs is 5. The van der Waals surface area contributed by atoms with Gasteiger partial charge in [-0.3, -0.25) is 19.3 Å². The second-order valence-electron chi connectivity index (χ2n) is 9.92. The van der Waals surface area contributed by atoms with Crippen molar-refractivity contribution in [2.24, 2.45) is 11.8 Å². The first-order valence-corrected chi connectivity index (χ1v) is 12.1. The molecule has 2 aromatic carbocycles. The smallest absolute Gasteiger partial charge is 0.235 e. The highest BCUT2D eigenvalue weighted by Gasteiger charge is 2.64. The Morgan fingerprint density at radius 1 is 1.03 bits per heavy atom. The Hall–Kier alpha value is -3.25. The van der Waals surface area contributed by atoms with Gasteiger partial charge in [-0.05, 0) is 44.4 Å². The van der Waals surface area contributed by atoms with Crippen LogP contribution in [0.5, 0.6) is 0 Å². The summed E-state index contributed by atoms with van der Waals surface area (Å²) >= 11 is 0. The molecule has 174 valence electrons. The van der Waals surface area contributed by atoms with Crippen molar-refractivity contribution in [2.45, 2.75) is 44.9 Å². The molecule has 5 atom stereocenters. The summed E-state index contributed by atoms with van der Waals surface area (Å²) in [5.74, 6) is -1.81. The Labute approximate surface area is 199 Å². The molecule has 6 heteroatoms. The van der Waals surface area contributed by atoms with Crippen molar-refractivity contribution in [1.29, 1.82) is 0 Å². The molecule has 0 aliphatic carbocycles. The maximum Gasteiger partial charge on any atom is 0.235 e. The van der Waals surface area contributed by atoms with Gasteiger partial charge in [0.25, 0.3) is 0 Å². The third-order valence-corrected chi connectivity index (χ3v) is 7.83. The topological polar surface area (TPSA) is 66.9 Å². The molecule has 4 heterocycles. The van der Waals surface area contributed by atoms with Crippen LogP contribution in [0.25, 0.3) is 5.57 Å². The molecular weight excluding hydrogens is 428 g/mol. The van der Waals surface area contributed by atoms with E-state index in [1.54, 1.807) is 12.1 Å². The Morgan fingerprint density at radius 3 is 2.53 bits per heavy atom. The summed E-state index contributed by atoms with van der Waals surface area (Å²) in [5, 5.41) is 0. The van der Waals surface area contributed by atoms with Gasteiger partial charge in [-0.2, -0.15) is 0 Å². The molecule has 0 radical (unpaired) electrons. The number of likely N-dealkylation sites (tertiary alicyclic amines) is 1. The van der Waals surface area contributed by atoms with Crippen LogP contribution >= 0.6 is 0 Å². The summed E-state index contributed by atoms with van der Waals surface area (Å²) < 4.78 is 5.72. The van der Waals surface area contributed by atoms with Gasteiger partial charge in [-0.1, -0.05) is 48.0 Å². The molecule has 0 unspecified atom stereocenters. The first-order chi connectivity index (χ1) is 16.5. The predicted molar refractivity (Wildman–Crippen MR) is 128 cm³/mol. The Balaban J connectivity index is 1.46. The number of carbonyl (C=O) groups is 3. The number of Topliss-reactive ketones (excluding diaryl/α,β-unsaturated/α-hetero) is 1. The van der Waals surface area contributed by atoms with E-state index in [0.29, 0.717) is 12.2 Å². The molecule has 3 fully saturated rings. The number of anilines is 1. The van der Waals surface area contributed by atoms with Crippen molar-refractivity contribution >= 4 is 28.9 Å². The summed E-state index contributed by atoms with van der Waals surface area (Å²) in [5.41, 5.74) is 4.74. The summed E-state index contributed by atoms with van der Waals surface area (Å²) in [6, 6.07) is 14.2. The van der Waals surface area contributed by atoms with Crippen LogP contribution in [0.2, 0.25) is 0 Å². The number of nitrogens with zero attached hydrogens (tertiary/aromatic N) is 2. The molecular formula is C28H28N2O4. The van der Waals surface area contributed by atoms with Crippen LogP contribution in [0.15, 0.2) is 54.6 Å². The lowest BCUT2D eigenvalue weighted by Gasteiger charge is -2.38. The van der Waals surface area contributed by atoms with E-state index >= 15 is 0 Å². The van der Waals surface area contributed by atoms with Crippen molar-refractivity contribution in [3.8, 4) is 0 Å². The number of ether oxygens (including phenoxy) is 1. The molecule has 4 aliphatic heterocycles. The Bertz CT molecular complexity index is 1210. The number of hydrogen-bond acceptors (Lipinski definition) is 5. The van der Waals surface area contributed by atoms with Gasteiger partial charge in [0.05, 0.1) is 30.5 Å². The number of amides is 2. The van der Waals surface area contributed by atoms with Gasteiger partial charge in [0, 0.05) is 23.4 Å². The lowest BCUT2D eigenvalue weighted by Crippen LogP contribution is -2.49. The molecule has 0 N–H and O–H groups in total. The SMILES string of the molecule is CC1=C[C@@H]2[C@@H]3C(=O)N(C[C@@H]4CCCO4)C(=O)[C@H]3[C@@H](C(=O)c3ccccc3)N2c2ccc(C)cc21. The molecule has 6 nitrogen and oxygen atoms in total. The van der Waals surface area contributed by atoms with E-state index < -0.39 is 17.9 Å². The van der Waals surface area contributed by atoms with Crippen molar-refractivity contribution in [3.63, 3.8) is 0 Å². The molecule has 0 spiro atoms. The van der Waals surface area contributed by atoms with Crippen LogP contribution in [0.3, 0.4) is 0 Å². The summed E-state index contributed by atoms with van der Waals surface area (Å²) in [7, 11) is 0. The number of benzene rings is 2. The first-order valence-electron chi connectivity index (χ1n) is 12.1. The number of hydrogen-bond donors (Lipinski definition) is 0. The largest absolute Gasteiger partial charge is 0.376 e. The zero-order valence-corrected chi connectivity index (χ0v) is 19.4. The minimum absolute atomic E-state index is 0.113. The van der Waals surface area contributed by atoms with Crippen LogP contribution in [0, 0.1) is 18.8 Å². The molecule has 3 saturated heterocycles. The van der Waals surface area contributed by atoms with Gasteiger partial charge >= 0.3 is 0 Å². The van der Waals surface area contributed by atoms with Gasteiger partial charge in [0.15, 0.2) is 5.78 Å². The highest BCUT2D eigenvalue weighted by molar-refractivity contribution is 6.14. The van der Waals surface area contributed by atoms with Crippen LogP contribution in [0.4, 0.5) is 5.69 Å². The number of imide groups is 1. The summed E-state index contributed by atoms with van der Waals surface area (Å²) in [6.07, 6.45) is 3.76. The average molecular weight is 457 g/mol. The highest BCUT2D eigenvalue weighted by Crippen LogP contribution is 2.50. The Kier molecular flexibility index (Phi) is 4.96. The van der Waals surface area contributed by atoms with Gasteiger partial charge < -0.3 is 9.64 Å². The van der Waals surface area contributed by atoms with Gasteiger partial charge in [-0.25, -0.2) is 0 Å². The molecule has 0 aromatic heterocycles. The number of rotatable bonds is 4. The van der Waals surface area contributed by atoms with Gasteiger partial charge in [0.2, 0.25) is 11.8 Å².